The Labute approximate surface area is 190 Å². The smallest absolute Gasteiger partial charge is 0.00148 e. The molecule has 6 aromatic carbocycles. The number of benzene rings is 6. The van der Waals surface area contributed by atoms with Gasteiger partial charge in [0.15, 0.2) is 0 Å². The normalized spacial score (nSPS) is 12.8. The lowest BCUT2D eigenvalue weighted by atomic mass is 9.80. The van der Waals surface area contributed by atoms with Crippen molar-refractivity contribution >= 4 is 53.9 Å². The van der Waals surface area contributed by atoms with Crippen LogP contribution in [0.3, 0.4) is 0 Å². The zero-order valence-corrected chi connectivity index (χ0v) is 20.2. The third-order valence-electron chi connectivity index (χ3n) is 7.49. The third kappa shape index (κ3) is 2.50. The van der Waals surface area contributed by atoms with E-state index in [1.54, 1.807) is 0 Å². The van der Waals surface area contributed by atoms with Crippen LogP contribution in [0.25, 0.3) is 53.9 Å². The average molecular weight is 415 g/mol. The van der Waals surface area contributed by atoms with Crippen LogP contribution >= 0.6 is 0 Å². The van der Waals surface area contributed by atoms with Gasteiger partial charge in [-0.25, -0.2) is 0 Å². The standard InChI is InChI=1S/C32H30/c1-17-12-19(3)27-21(13-17)9-11-25-26-16-23(32(5,6)7)15-22-8-10-24-18(2)14-20(4)28(31(25)27)30(24)29(22)26/h8-16H,1-7H3. The Morgan fingerprint density at radius 1 is 0.469 bits per heavy atom. The van der Waals surface area contributed by atoms with E-state index in [-0.39, 0.29) is 5.41 Å². The second-order valence-electron chi connectivity index (χ2n) is 10.9. The van der Waals surface area contributed by atoms with Crippen molar-refractivity contribution in [1.82, 2.24) is 0 Å². The summed E-state index contributed by atoms with van der Waals surface area (Å²) in [5.74, 6) is 0. The lowest BCUT2D eigenvalue weighted by Crippen LogP contribution is -2.11. The predicted octanol–water partition coefficient (Wildman–Crippen LogP) is 9.42. The van der Waals surface area contributed by atoms with Gasteiger partial charge in [0.25, 0.3) is 0 Å². The van der Waals surface area contributed by atoms with E-state index in [0.29, 0.717) is 0 Å². The van der Waals surface area contributed by atoms with E-state index < -0.39 is 0 Å². The van der Waals surface area contributed by atoms with Gasteiger partial charge in [-0.15, -0.1) is 0 Å². The van der Waals surface area contributed by atoms with Gasteiger partial charge in [0.1, 0.15) is 0 Å². The van der Waals surface area contributed by atoms with Gasteiger partial charge in [0, 0.05) is 0 Å². The Morgan fingerprint density at radius 3 is 1.81 bits per heavy atom. The maximum atomic E-state index is 2.47. The number of fused-ring (bicyclic) bond motifs is 5. The van der Waals surface area contributed by atoms with Crippen molar-refractivity contribution in [2.75, 3.05) is 0 Å². The summed E-state index contributed by atoms with van der Waals surface area (Å²) in [6.07, 6.45) is 0. The molecule has 0 aromatic heterocycles. The van der Waals surface area contributed by atoms with E-state index in [0.717, 1.165) is 0 Å². The molecule has 6 rings (SSSR count). The first-order chi connectivity index (χ1) is 15.1. The number of aryl methyl sites for hydroxylation is 4. The van der Waals surface area contributed by atoms with Crippen LogP contribution in [0.4, 0.5) is 0 Å². The fraction of sp³-hybridized carbons (Fsp3) is 0.250. The highest BCUT2D eigenvalue weighted by Gasteiger charge is 2.21. The van der Waals surface area contributed by atoms with E-state index in [1.165, 1.54) is 81.7 Å². The molecule has 0 atom stereocenters. The summed E-state index contributed by atoms with van der Waals surface area (Å²) < 4.78 is 0. The molecule has 0 aliphatic rings. The molecule has 0 unspecified atom stereocenters. The van der Waals surface area contributed by atoms with Crippen molar-refractivity contribution in [3.05, 3.63) is 82.4 Å². The summed E-state index contributed by atoms with van der Waals surface area (Å²) in [5.41, 5.74) is 6.94. The summed E-state index contributed by atoms with van der Waals surface area (Å²) >= 11 is 0. The van der Waals surface area contributed by atoms with Crippen LogP contribution in [0.15, 0.2) is 54.6 Å². The number of hydrogen-bond donors (Lipinski definition) is 0. The van der Waals surface area contributed by atoms with Gasteiger partial charge in [-0.05, 0) is 115 Å². The summed E-state index contributed by atoms with van der Waals surface area (Å²) in [4.78, 5) is 0. The molecular weight excluding hydrogens is 384 g/mol. The van der Waals surface area contributed by atoms with Crippen LogP contribution in [-0.2, 0) is 5.41 Å². The van der Waals surface area contributed by atoms with E-state index in [1.807, 2.05) is 0 Å². The van der Waals surface area contributed by atoms with Gasteiger partial charge in [-0.1, -0.05) is 74.9 Å². The molecule has 0 saturated heterocycles. The van der Waals surface area contributed by atoms with E-state index in [9.17, 15) is 0 Å². The van der Waals surface area contributed by atoms with Crippen LogP contribution in [0.1, 0.15) is 48.6 Å². The highest BCUT2D eigenvalue weighted by Crippen LogP contribution is 2.47. The van der Waals surface area contributed by atoms with Crippen molar-refractivity contribution < 1.29 is 0 Å². The molecule has 0 N–H and O–H groups in total. The van der Waals surface area contributed by atoms with Crippen molar-refractivity contribution in [1.29, 1.82) is 0 Å². The van der Waals surface area contributed by atoms with Gasteiger partial charge in [0.05, 0.1) is 0 Å². The zero-order chi connectivity index (χ0) is 22.5. The highest BCUT2D eigenvalue weighted by atomic mass is 14.2. The molecule has 0 aliphatic carbocycles. The summed E-state index contributed by atoms with van der Waals surface area (Å²) in [5, 5.41) is 14.0. The highest BCUT2D eigenvalue weighted by molar-refractivity contribution is 6.38. The summed E-state index contributed by atoms with van der Waals surface area (Å²) in [6.45, 7) is 16.0. The number of hydrogen-bond acceptors (Lipinski definition) is 0. The van der Waals surface area contributed by atoms with Gasteiger partial charge >= 0.3 is 0 Å². The molecule has 0 spiro atoms. The van der Waals surface area contributed by atoms with Gasteiger partial charge in [0.2, 0.25) is 0 Å². The fourth-order valence-electron chi connectivity index (χ4n) is 6.04. The molecule has 0 fully saturated rings. The molecule has 0 heteroatoms. The fourth-order valence-corrected chi connectivity index (χ4v) is 6.04. The SMILES string of the molecule is Cc1cc(C)c2c(ccc3c4cc(C(C)(C)C)cc5ccc6c(C)cc(C)c(c32)c6c54)c1. The maximum absolute atomic E-state index is 2.47. The monoisotopic (exact) mass is 414 g/mol. The molecule has 158 valence electrons. The zero-order valence-electron chi connectivity index (χ0n) is 20.2. The second kappa shape index (κ2) is 6.23. The van der Waals surface area contributed by atoms with Gasteiger partial charge in [-0.3, -0.25) is 0 Å². The lowest BCUT2D eigenvalue weighted by Gasteiger charge is -2.24. The van der Waals surface area contributed by atoms with Crippen molar-refractivity contribution in [3.8, 4) is 0 Å². The maximum Gasteiger partial charge on any atom is -0.00148 e. The molecule has 0 amide bonds. The molecular formula is C32H30. The molecule has 0 heterocycles. The molecule has 32 heavy (non-hydrogen) atoms. The first kappa shape index (κ1) is 19.6. The minimum Gasteiger partial charge on any atom is -0.0561 e. The molecule has 0 radical (unpaired) electrons. The topological polar surface area (TPSA) is 0 Å². The minimum absolute atomic E-state index is 0.104. The van der Waals surface area contributed by atoms with Crippen LogP contribution in [-0.4, -0.2) is 0 Å². The Bertz CT molecular complexity index is 1720. The molecule has 6 aromatic rings. The van der Waals surface area contributed by atoms with Crippen LogP contribution in [0.5, 0.6) is 0 Å². The van der Waals surface area contributed by atoms with E-state index in [2.05, 4.69) is 103 Å². The van der Waals surface area contributed by atoms with E-state index in [4.69, 9.17) is 0 Å². The van der Waals surface area contributed by atoms with Crippen LogP contribution in [0.2, 0.25) is 0 Å². The van der Waals surface area contributed by atoms with Crippen LogP contribution in [0, 0.1) is 27.7 Å². The predicted molar refractivity (Wildman–Crippen MR) is 143 cm³/mol. The average Bonchev–Trinajstić information content (AvgIpc) is 2.71. The molecule has 0 aliphatic heterocycles. The van der Waals surface area contributed by atoms with Crippen molar-refractivity contribution in [2.24, 2.45) is 0 Å². The molecule has 0 bridgehead atoms. The second-order valence-corrected chi connectivity index (χ2v) is 10.9. The Balaban J connectivity index is 2.04. The van der Waals surface area contributed by atoms with Gasteiger partial charge < -0.3 is 0 Å². The summed E-state index contributed by atoms with van der Waals surface area (Å²) in [7, 11) is 0. The third-order valence-corrected chi connectivity index (χ3v) is 7.49. The minimum atomic E-state index is 0.104. The van der Waals surface area contributed by atoms with E-state index >= 15 is 0 Å². The number of rotatable bonds is 0. The Morgan fingerprint density at radius 2 is 1.09 bits per heavy atom. The van der Waals surface area contributed by atoms with Crippen molar-refractivity contribution in [2.45, 2.75) is 53.9 Å². The first-order valence-corrected chi connectivity index (χ1v) is 11.7. The lowest BCUT2D eigenvalue weighted by molar-refractivity contribution is 0.592. The van der Waals surface area contributed by atoms with Crippen molar-refractivity contribution in [3.63, 3.8) is 0 Å². The van der Waals surface area contributed by atoms with Crippen LogP contribution < -0.4 is 0 Å². The Hall–Kier alpha value is -3.12. The summed E-state index contributed by atoms with van der Waals surface area (Å²) in [6, 6.07) is 21.3. The first-order valence-electron chi connectivity index (χ1n) is 11.7. The van der Waals surface area contributed by atoms with Gasteiger partial charge in [-0.2, -0.15) is 0 Å². The Kier molecular flexibility index (Phi) is 3.81. The molecule has 0 nitrogen and oxygen atoms in total. The largest absolute Gasteiger partial charge is 0.0561 e. The quantitative estimate of drug-likeness (QED) is 0.171. The molecule has 0 saturated carbocycles.